The molecule has 1 heterocycles. The minimum atomic E-state index is -0.911. The quantitative estimate of drug-likeness (QED) is 0.139. The van der Waals surface area contributed by atoms with Crippen molar-refractivity contribution in [3.05, 3.63) is 59.7 Å². The molecule has 12 heteroatoms. The van der Waals surface area contributed by atoms with E-state index in [2.05, 4.69) is 36.4 Å². The van der Waals surface area contributed by atoms with Gasteiger partial charge in [0.25, 0.3) is 0 Å². The van der Waals surface area contributed by atoms with Crippen molar-refractivity contribution in [1.82, 2.24) is 4.90 Å². The number of nitrogens with zero attached hydrogens (tertiary/aromatic N) is 1. The Morgan fingerprint density at radius 1 is 0.923 bits per heavy atom. The number of amides is 1. The smallest absolute Gasteiger partial charge is 0.341 e. The van der Waals surface area contributed by atoms with E-state index in [1.165, 1.54) is 38.3 Å². The molecule has 1 radical (unpaired) electrons. The number of Topliss-reactive ketones (excluding diaryl/α,β-unsaturated/α-hetero) is 1. The zero-order valence-electron chi connectivity index (χ0n) is 22.5. The summed E-state index contributed by atoms with van der Waals surface area (Å²) in [6.45, 7) is 6.55. The van der Waals surface area contributed by atoms with Crippen LogP contribution in [0, 0.1) is 0 Å². The summed E-state index contributed by atoms with van der Waals surface area (Å²) in [5.41, 5.74) is 0.281. The van der Waals surface area contributed by atoms with Gasteiger partial charge in [-0.3, -0.25) is 19.2 Å². The summed E-state index contributed by atoms with van der Waals surface area (Å²) in [6, 6.07) is 12.6. The van der Waals surface area contributed by atoms with Crippen LogP contribution < -0.4 is 9.47 Å². The summed E-state index contributed by atoms with van der Waals surface area (Å²) in [5, 5.41) is 0. The third kappa shape index (κ3) is 12.0. The molecule has 1 amide bonds. The fourth-order valence-electron chi connectivity index (χ4n) is 3.47. The minimum Gasteiger partial charge on any atom is -0.465 e. The van der Waals surface area contributed by atoms with Gasteiger partial charge in [-0.05, 0) is 51.0 Å². The number of carbonyl (C=O) groups is 5. The molecule has 211 valence electrons. The fraction of sp³-hybridized carbons (Fsp3) is 0.370. The number of esters is 3. The number of carbonyl (C=O) groups excluding carboxylic acids is 5. The number of methoxy groups -OCH3 is 1. The largest absolute Gasteiger partial charge is 0.465 e. The molecule has 0 aromatic heterocycles. The molecule has 1 fully saturated rings. The van der Waals surface area contributed by atoms with Gasteiger partial charge in [-0.15, -0.1) is 17.9 Å². The van der Waals surface area contributed by atoms with E-state index in [0.29, 0.717) is 11.9 Å². The van der Waals surface area contributed by atoms with Gasteiger partial charge in [0.1, 0.15) is 23.5 Å². The predicted octanol–water partition coefficient (Wildman–Crippen LogP) is 4.63. The molecular weight excluding hydrogens is 579 g/mol. The molecule has 1 saturated heterocycles. The average molecular weight is 614 g/mol. The molecule has 0 aliphatic carbocycles. The zero-order chi connectivity index (χ0) is 28.7. The Balaban J connectivity index is 0.000000931. The summed E-state index contributed by atoms with van der Waals surface area (Å²) in [4.78, 5) is 60.1. The van der Waals surface area contributed by atoms with E-state index in [1.54, 1.807) is 24.3 Å². The number of ether oxygens (including phenoxy) is 3. The van der Waals surface area contributed by atoms with Crippen molar-refractivity contribution in [2.24, 2.45) is 0 Å². The summed E-state index contributed by atoms with van der Waals surface area (Å²) >= 11 is 0. The Labute approximate surface area is 245 Å². The van der Waals surface area contributed by atoms with Crippen LogP contribution in [0.4, 0.5) is 0 Å². The van der Waals surface area contributed by atoms with Gasteiger partial charge in [0.15, 0.2) is 5.78 Å². The average Bonchev–Trinajstić information content (AvgIpc) is 3.35. The number of para-hydroxylation sites is 2. The van der Waals surface area contributed by atoms with E-state index in [4.69, 9.17) is 9.47 Å². The maximum Gasteiger partial charge on any atom is 0.341 e. The van der Waals surface area contributed by atoms with Crippen molar-refractivity contribution < 1.29 is 56.7 Å². The van der Waals surface area contributed by atoms with Gasteiger partial charge in [0.2, 0.25) is 5.91 Å². The molecule has 3 rings (SSSR count). The summed E-state index contributed by atoms with van der Waals surface area (Å²) in [5.74, 6) is -2.37. The minimum absolute atomic E-state index is 0. The summed E-state index contributed by atoms with van der Waals surface area (Å²) in [6.07, 6.45) is 2.21. The molecule has 0 spiro atoms. The van der Waals surface area contributed by atoms with Crippen molar-refractivity contribution in [2.45, 2.75) is 52.5 Å². The first kappa shape index (κ1) is 36.4. The number of rotatable bonds is 8. The van der Waals surface area contributed by atoms with Crippen LogP contribution in [-0.2, 0) is 37.7 Å². The first-order chi connectivity index (χ1) is 18.2. The molecule has 3 unspecified atom stereocenters. The van der Waals surface area contributed by atoms with Gasteiger partial charge in [-0.1, -0.05) is 31.2 Å². The van der Waals surface area contributed by atoms with Crippen LogP contribution >= 0.6 is 17.9 Å². The molecular formula is C27H35NO8P2V. The van der Waals surface area contributed by atoms with Gasteiger partial charge < -0.3 is 19.1 Å². The first-order valence-electron chi connectivity index (χ1n) is 12.0. The van der Waals surface area contributed by atoms with Crippen molar-refractivity contribution >= 4 is 47.5 Å². The Bertz CT molecular complexity index is 1130. The van der Waals surface area contributed by atoms with Gasteiger partial charge in [0, 0.05) is 37.6 Å². The molecule has 9 nitrogen and oxygen atoms in total. The molecule has 2 aromatic carbocycles. The summed E-state index contributed by atoms with van der Waals surface area (Å²) < 4.78 is 14.7. The van der Waals surface area contributed by atoms with E-state index in [9.17, 15) is 24.0 Å². The molecule has 1 aliphatic rings. The molecule has 2 aromatic rings. The second kappa shape index (κ2) is 19.5. The van der Waals surface area contributed by atoms with Crippen LogP contribution in [0.25, 0.3) is 0 Å². The third-order valence-corrected chi connectivity index (χ3v) is 5.53. The van der Waals surface area contributed by atoms with Crippen LogP contribution in [0.2, 0.25) is 0 Å². The molecule has 0 N–H and O–H groups in total. The van der Waals surface area contributed by atoms with Crippen molar-refractivity contribution in [1.29, 1.82) is 0 Å². The van der Waals surface area contributed by atoms with Crippen LogP contribution in [-0.4, -0.2) is 54.2 Å². The number of ketones is 1. The maximum absolute atomic E-state index is 12.0. The Morgan fingerprint density at radius 2 is 1.41 bits per heavy atom. The van der Waals surface area contributed by atoms with E-state index in [-0.39, 0.29) is 47.0 Å². The summed E-state index contributed by atoms with van der Waals surface area (Å²) in [7, 11) is 5.87. The van der Waals surface area contributed by atoms with Crippen LogP contribution in [0.5, 0.6) is 11.5 Å². The number of hydrogen-bond acceptors (Lipinski definition) is 8. The standard InChI is InChI=1S/C19H16O7.C8H15NO.H4P2.V/c1-12(20)13-7-3-5-9-15(13)25-17(21)11-18(22)26-16-10-6-4-8-14(16)19(23)24-2;1-3-7(2)9-6-4-5-8(9)10;1-2;/h3-10H,11H2,1-2H3;7H,3-6H2,1-2H3;1-2H2;. The van der Waals surface area contributed by atoms with E-state index in [0.717, 1.165) is 25.8 Å². The number of likely N-dealkylation sites (tertiary alicyclic amines) is 1. The zero-order valence-corrected chi connectivity index (χ0v) is 26.3. The van der Waals surface area contributed by atoms with Gasteiger partial charge in [0.05, 0.1) is 12.7 Å². The molecule has 39 heavy (non-hydrogen) atoms. The normalized spacial score (nSPS) is 12.4. The Kier molecular flexibility index (Phi) is 18.2. The maximum atomic E-state index is 12.0. The van der Waals surface area contributed by atoms with Crippen LogP contribution in [0.15, 0.2) is 48.5 Å². The Morgan fingerprint density at radius 3 is 1.85 bits per heavy atom. The van der Waals surface area contributed by atoms with E-state index >= 15 is 0 Å². The van der Waals surface area contributed by atoms with E-state index in [1.807, 2.05) is 4.90 Å². The fourth-order valence-corrected chi connectivity index (χ4v) is 3.47. The van der Waals surface area contributed by atoms with Gasteiger partial charge in [-0.2, -0.15) is 0 Å². The predicted molar refractivity (Wildman–Crippen MR) is 150 cm³/mol. The molecule has 1 aliphatic heterocycles. The van der Waals surface area contributed by atoms with Gasteiger partial charge in [-0.25, -0.2) is 4.79 Å². The SMILES string of the molecule is CCC(C)N1CCCC1=O.COC(=O)c1ccccc1OC(=O)CC(=O)Oc1ccccc1C(C)=O.PP.[V]. The number of hydrogen-bond donors (Lipinski definition) is 0. The van der Waals surface area contributed by atoms with Crippen molar-refractivity contribution in [2.75, 3.05) is 13.7 Å². The molecule has 3 atom stereocenters. The monoisotopic (exact) mass is 614 g/mol. The topological polar surface area (TPSA) is 116 Å². The third-order valence-electron chi connectivity index (χ3n) is 5.53. The van der Waals surface area contributed by atoms with Crippen LogP contribution in [0.3, 0.4) is 0 Å². The van der Waals surface area contributed by atoms with Gasteiger partial charge >= 0.3 is 17.9 Å². The van der Waals surface area contributed by atoms with Crippen molar-refractivity contribution in [3.63, 3.8) is 0 Å². The van der Waals surface area contributed by atoms with Crippen molar-refractivity contribution in [3.8, 4) is 11.5 Å². The first-order valence-corrected chi connectivity index (χ1v) is 14.7. The van der Waals surface area contributed by atoms with E-state index < -0.39 is 24.3 Å². The number of benzene rings is 2. The second-order valence-corrected chi connectivity index (χ2v) is 8.11. The molecule has 0 bridgehead atoms. The Hall–Kier alpha value is -2.57. The van der Waals surface area contributed by atoms with Crippen LogP contribution in [0.1, 0.15) is 67.2 Å². The molecule has 0 saturated carbocycles. The second-order valence-electron chi connectivity index (χ2n) is 8.11.